The average Bonchev–Trinajstić information content (AvgIpc) is 3.46. The Morgan fingerprint density at radius 3 is 2.55 bits per heavy atom. The number of amides is 1. The molecule has 4 aromatic rings. The maximum Gasteiger partial charge on any atom is 0.291 e. The first-order chi connectivity index (χ1) is 15.0. The van der Waals surface area contributed by atoms with Crippen molar-refractivity contribution in [3.05, 3.63) is 106 Å². The van der Waals surface area contributed by atoms with Gasteiger partial charge in [-0.05, 0) is 66.7 Å². The number of furan rings is 2. The highest BCUT2D eigenvalue weighted by atomic mass is 35.5. The number of hydrogen-bond donors (Lipinski definition) is 1. The smallest absolute Gasteiger partial charge is 0.291 e. The molecule has 1 N–H and O–H groups in total. The van der Waals surface area contributed by atoms with Gasteiger partial charge in [0, 0.05) is 16.8 Å². The minimum Gasteiger partial charge on any atom is -0.459 e. The standard InChI is InChI=1S/C24H15Cl2NO4/c25-19-9-6-16(14-20(19)26)22-11-8-18(31-22)7-10-21(28)15-3-1-4-17(13-15)27-24(29)23-5-2-12-30-23/h1-14H,(H,27,29). The van der Waals surface area contributed by atoms with Gasteiger partial charge in [-0.2, -0.15) is 0 Å². The number of carbonyl (C=O) groups excluding carboxylic acids is 2. The molecule has 7 heteroatoms. The zero-order valence-electron chi connectivity index (χ0n) is 16.0. The Bertz CT molecular complexity index is 1270. The summed E-state index contributed by atoms with van der Waals surface area (Å²) >= 11 is 12.0. The molecule has 5 nitrogen and oxygen atoms in total. The molecule has 4 rings (SSSR count). The minimum atomic E-state index is -0.393. The molecule has 0 atom stereocenters. The van der Waals surface area contributed by atoms with Gasteiger partial charge in [-0.1, -0.05) is 35.3 Å². The van der Waals surface area contributed by atoms with Crippen LogP contribution in [0.15, 0.2) is 87.9 Å². The Morgan fingerprint density at radius 1 is 0.903 bits per heavy atom. The van der Waals surface area contributed by atoms with Crippen LogP contribution in [0.1, 0.15) is 26.7 Å². The average molecular weight is 452 g/mol. The Hall–Kier alpha value is -3.54. The summed E-state index contributed by atoms with van der Waals surface area (Å²) in [6.07, 6.45) is 4.41. The fourth-order valence-electron chi connectivity index (χ4n) is 2.85. The van der Waals surface area contributed by atoms with E-state index in [0.29, 0.717) is 32.8 Å². The largest absolute Gasteiger partial charge is 0.459 e. The van der Waals surface area contributed by atoms with Crippen LogP contribution in [-0.2, 0) is 0 Å². The van der Waals surface area contributed by atoms with Crippen molar-refractivity contribution in [2.45, 2.75) is 0 Å². The minimum absolute atomic E-state index is 0.187. The first-order valence-electron chi connectivity index (χ1n) is 9.22. The molecule has 2 aromatic heterocycles. The van der Waals surface area contributed by atoms with Crippen molar-refractivity contribution in [3.8, 4) is 11.3 Å². The summed E-state index contributed by atoms with van der Waals surface area (Å²) in [6.45, 7) is 0. The first kappa shape index (κ1) is 20.7. The molecular weight excluding hydrogens is 437 g/mol. The molecule has 0 aliphatic heterocycles. The van der Waals surface area contributed by atoms with Crippen molar-refractivity contribution in [2.75, 3.05) is 5.32 Å². The van der Waals surface area contributed by atoms with E-state index in [1.807, 2.05) is 0 Å². The van der Waals surface area contributed by atoms with Crippen molar-refractivity contribution < 1.29 is 18.4 Å². The number of allylic oxidation sites excluding steroid dienone is 1. The quantitative estimate of drug-likeness (QED) is 0.253. The lowest BCUT2D eigenvalue weighted by Crippen LogP contribution is -2.11. The van der Waals surface area contributed by atoms with Gasteiger partial charge in [0.1, 0.15) is 11.5 Å². The van der Waals surface area contributed by atoms with Crippen LogP contribution < -0.4 is 5.32 Å². The van der Waals surface area contributed by atoms with Crippen LogP contribution >= 0.6 is 23.2 Å². The Kier molecular flexibility index (Phi) is 6.07. The van der Waals surface area contributed by atoms with Gasteiger partial charge in [-0.25, -0.2) is 0 Å². The van der Waals surface area contributed by atoms with Gasteiger partial charge in [0.2, 0.25) is 0 Å². The molecule has 2 heterocycles. The third-order valence-corrected chi connectivity index (χ3v) is 5.12. The maximum absolute atomic E-state index is 12.6. The molecule has 0 unspecified atom stereocenters. The second-order valence-corrected chi connectivity index (χ2v) is 7.36. The van der Waals surface area contributed by atoms with E-state index >= 15 is 0 Å². The van der Waals surface area contributed by atoms with Crippen LogP contribution in [0.4, 0.5) is 5.69 Å². The highest BCUT2D eigenvalue weighted by Crippen LogP contribution is 2.29. The van der Waals surface area contributed by atoms with Gasteiger partial charge in [-0.15, -0.1) is 0 Å². The van der Waals surface area contributed by atoms with Crippen LogP contribution in [-0.4, -0.2) is 11.7 Å². The summed E-state index contributed by atoms with van der Waals surface area (Å²) < 4.78 is 10.8. The van der Waals surface area contributed by atoms with E-state index in [1.165, 1.54) is 12.3 Å². The molecular formula is C24H15Cl2NO4. The molecule has 0 spiro atoms. The van der Waals surface area contributed by atoms with Crippen LogP contribution in [0.2, 0.25) is 10.0 Å². The van der Waals surface area contributed by atoms with Gasteiger partial charge in [0.05, 0.1) is 16.3 Å². The molecule has 31 heavy (non-hydrogen) atoms. The van der Waals surface area contributed by atoms with E-state index < -0.39 is 5.91 Å². The highest BCUT2D eigenvalue weighted by molar-refractivity contribution is 6.42. The highest BCUT2D eigenvalue weighted by Gasteiger charge is 2.11. The fourth-order valence-corrected chi connectivity index (χ4v) is 3.15. The van der Waals surface area contributed by atoms with Crippen LogP contribution in [0.3, 0.4) is 0 Å². The van der Waals surface area contributed by atoms with Gasteiger partial charge in [0.15, 0.2) is 11.5 Å². The Labute approximate surface area is 187 Å². The molecule has 154 valence electrons. The summed E-state index contributed by atoms with van der Waals surface area (Å²) in [4.78, 5) is 24.6. The second-order valence-electron chi connectivity index (χ2n) is 6.54. The van der Waals surface area contributed by atoms with E-state index in [2.05, 4.69) is 5.32 Å². The molecule has 0 bridgehead atoms. The zero-order valence-corrected chi connectivity index (χ0v) is 17.5. The number of benzene rings is 2. The number of carbonyl (C=O) groups is 2. The fraction of sp³-hybridized carbons (Fsp3) is 0. The lowest BCUT2D eigenvalue weighted by atomic mass is 10.1. The van der Waals surface area contributed by atoms with E-state index in [1.54, 1.807) is 72.8 Å². The number of nitrogens with one attached hydrogen (secondary N) is 1. The van der Waals surface area contributed by atoms with Crippen LogP contribution in [0, 0.1) is 0 Å². The zero-order chi connectivity index (χ0) is 21.8. The number of anilines is 1. The SMILES string of the molecule is O=C(C=Cc1ccc(-c2ccc(Cl)c(Cl)c2)o1)c1cccc(NC(=O)c2ccco2)c1. The third-order valence-electron chi connectivity index (χ3n) is 4.38. The molecule has 2 aromatic carbocycles. The summed E-state index contributed by atoms with van der Waals surface area (Å²) in [7, 11) is 0. The van der Waals surface area contributed by atoms with Crippen LogP contribution in [0.25, 0.3) is 17.4 Å². The summed E-state index contributed by atoms with van der Waals surface area (Å²) in [5, 5.41) is 3.59. The molecule has 1 amide bonds. The van der Waals surface area contributed by atoms with Gasteiger partial charge >= 0.3 is 0 Å². The number of ketones is 1. The first-order valence-corrected chi connectivity index (χ1v) is 9.98. The Balaban J connectivity index is 1.45. The molecule has 0 aliphatic rings. The van der Waals surface area contributed by atoms with Crippen molar-refractivity contribution in [1.82, 2.24) is 0 Å². The van der Waals surface area contributed by atoms with Crippen LogP contribution in [0.5, 0.6) is 0 Å². The predicted molar refractivity (Wildman–Crippen MR) is 121 cm³/mol. The summed E-state index contributed by atoms with van der Waals surface area (Å²) in [5.41, 5.74) is 1.69. The normalized spacial score (nSPS) is 11.0. The number of hydrogen-bond acceptors (Lipinski definition) is 4. The molecule has 0 aliphatic carbocycles. The maximum atomic E-state index is 12.6. The van der Waals surface area contributed by atoms with E-state index in [0.717, 1.165) is 5.56 Å². The third kappa shape index (κ3) is 4.97. The van der Waals surface area contributed by atoms with Crippen molar-refractivity contribution in [2.24, 2.45) is 0 Å². The Morgan fingerprint density at radius 2 is 1.77 bits per heavy atom. The number of halogens is 2. The second kappa shape index (κ2) is 9.08. The predicted octanol–water partition coefficient (Wildman–Crippen LogP) is 6.99. The summed E-state index contributed by atoms with van der Waals surface area (Å²) in [6, 6.07) is 18.6. The lowest BCUT2D eigenvalue weighted by molar-refractivity contribution is 0.0994. The molecule has 0 saturated carbocycles. The van der Waals surface area contributed by atoms with E-state index in [9.17, 15) is 9.59 Å². The molecule has 0 radical (unpaired) electrons. The van der Waals surface area contributed by atoms with Crippen molar-refractivity contribution in [3.63, 3.8) is 0 Å². The monoisotopic (exact) mass is 451 g/mol. The van der Waals surface area contributed by atoms with Crippen molar-refractivity contribution in [1.29, 1.82) is 0 Å². The van der Waals surface area contributed by atoms with E-state index in [4.69, 9.17) is 32.0 Å². The number of rotatable bonds is 6. The molecule has 0 saturated heterocycles. The topological polar surface area (TPSA) is 72.5 Å². The van der Waals surface area contributed by atoms with Gasteiger partial charge in [-0.3, -0.25) is 9.59 Å². The molecule has 0 fully saturated rings. The van der Waals surface area contributed by atoms with Crippen molar-refractivity contribution >= 4 is 46.7 Å². The van der Waals surface area contributed by atoms with E-state index in [-0.39, 0.29) is 11.5 Å². The van der Waals surface area contributed by atoms with Gasteiger partial charge < -0.3 is 14.2 Å². The summed E-state index contributed by atoms with van der Waals surface area (Å²) in [5.74, 6) is 0.675. The van der Waals surface area contributed by atoms with Gasteiger partial charge in [0.25, 0.3) is 5.91 Å². The lowest BCUT2D eigenvalue weighted by Gasteiger charge is -2.04.